The van der Waals surface area contributed by atoms with E-state index in [4.69, 9.17) is 37.0 Å². The third kappa shape index (κ3) is 66.6. The van der Waals surface area contributed by atoms with Crippen LogP contribution in [0.2, 0.25) is 0 Å². The van der Waals surface area contributed by atoms with E-state index in [9.17, 15) is 43.2 Å². The number of carbonyl (C=O) groups is 4. The van der Waals surface area contributed by atoms with Crippen molar-refractivity contribution in [2.75, 3.05) is 39.6 Å². The smallest absolute Gasteiger partial charge is 0.462 e. The lowest BCUT2D eigenvalue weighted by Gasteiger charge is -2.21. The van der Waals surface area contributed by atoms with Gasteiger partial charge in [0.05, 0.1) is 26.4 Å². The predicted molar refractivity (Wildman–Crippen MR) is 381 cm³/mol. The van der Waals surface area contributed by atoms with Crippen molar-refractivity contribution in [1.29, 1.82) is 0 Å². The van der Waals surface area contributed by atoms with E-state index in [1.165, 1.54) is 38.5 Å². The summed E-state index contributed by atoms with van der Waals surface area (Å²) in [7, 11) is -9.95. The minimum Gasteiger partial charge on any atom is -0.462 e. The molecule has 0 aromatic rings. The van der Waals surface area contributed by atoms with E-state index in [2.05, 4.69) is 125 Å². The molecule has 3 N–H and O–H groups in total. The lowest BCUT2D eigenvalue weighted by atomic mass is 10.1. The molecular weight excluding hydrogens is 1230 g/mol. The maximum atomic E-state index is 13.0. The molecule has 0 spiro atoms. The van der Waals surface area contributed by atoms with Gasteiger partial charge in [-0.1, -0.05) is 234 Å². The van der Waals surface area contributed by atoms with Crippen molar-refractivity contribution in [2.45, 2.75) is 316 Å². The Labute approximate surface area is 569 Å². The number of phosphoric acid groups is 2. The maximum Gasteiger partial charge on any atom is 0.472 e. The van der Waals surface area contributed by atoms with Gasteiger partial charge in [-0.25, -0.2) is 9.13 Å². The molecule has 0 heterocycles. The molecule has 5 unspecified atom stereocenters. The average Bonchev–Trinajstić information content (AvgIpc) is 2.15. The van der Waals surface area contributed by atoms with Crippen LogP contribution in [0.1, 0.15) is 297 Å². The van der Waals surface area contributed by atoms with Crippen LogP contribution in [-0.4, -0.2) is 96.7 Å². The molecule has 0 rings (SSSR count). The zero-order chi connectivity index (χ0) is 69.0. The first kappa shape index (κ1) is 90.0. The number of phosphoric ester groups is 2. The molecule has 5 atom stereocenters. The number of aliphatic hydroxyl groups excluding tert-OH is 1. The number of aliphatic hydroxyl groups is 1. The summed E-state index contributed by atoms with van der Waals surface area (Å²) < 4.78 is 68.3. The SMILES string of the molecule is CC/C=C\C/C=C\C/C=C\C/C=C\CCCCCCC(=O)OCC(COP(=O)(O)OCC(O)COP(=O)(O)OCC(COC(=O)CCCCCCC/C=C\C/C=C\CCC)OC(=O)CCCCCCC/C=C\CCCC)OC(=O)CCCCCCC/C=C\CCCCCC. The Morgan fingerprint density at radius 2 is 0.585 bits per heavy atom. The van der Waals surface area contributed by atoms with Gasteiger partial charge in [0.1, 0.15) is 19.3 Å². The molecule has 0 saturated carbocycles. The normalized spacial score (nSPS) is 14.6. The van der Waals surface area contributed by atoms with Crippen molar-refractivity contribution in [3.8, 4) is 0 Å². The minimum atomic E-state index is -4.98. The highest BCUT2D eigenvalue weighted by atomic mass is 31.2. The molecule has 0 aliphatic carbocycles. The highest BCUT2D eigenvalue weighted by Crippen LogP contribution is 2.45. The van der Waals surface area contributed by atoms with Crippen molar-refractivity contribution in [1.82, 2.24) is 0 Å². The minimum absolute atomic E-state index is 0.0787. The summed E-state index contributed by atoms with van der Waals surface area (Å²) in [6.07, 6.45) is 68.4. The van der Waals surface area contributed by atoms with Crippen molar-refractivity contribution < 1.29 is 80.2 Å². The van der Waals surface area contributed by atoms with E-state index in [0.717, 1.165) is 180 Å². The number of esters is 4. The van der Waals surface area contributed by atoms with Crippen molar-refractivity contribution in [3.63, 3.8) is 0 Å². The standard InChI is InChI=1S/C75H130O17P2/c1-5-9-13-17-21-25-29-32-33-34-35-38-41-44-48-52-56-60-73(78)86-66-71(92-75(80)62-58-54-50-46-42-37-31-27-23-19-15-11-7-3)68-90-94(83,84)88-64-69(76)63-87-93(81,82)89-67-70(91-74(79)61-57-53-49-45-39-28-24-20-16-12-8-4)65-85-72(77)59-55-51-47-43-40-36-30-26-22-18-14-10-6-2/h9,13-14,18,20-21,24-27,30-33,35,38,69-71,76H,5-8,10-12,15-17,19,22-23,28-29,34,36-37,39-68H2,1-4H3,(H,81,82)(H,83,84)/b13-9-,18-14-,24-20-,25-21-,30-26-,31-27-,33-32-,38-35-. The van der Waals surface area contributed by atoms with Gasteiger partial charge in [-0.15, -0.1) is 0 Å². The first-order valence-corrected chi connectivity index (χ1v) is 39.5. The topological polar surface area (TPSA) is 237 Å². The van der Waals surface area contributed by atoms with Crippen LogP contribution in [0.15, 0.2) is 97.2 Å². The van der Waals surface area contributed by atoms with Gasteiger partial charge >= 0.3 is 39.5 Å². The lowest BCUT2D eigenvalue weighted by Crippen LogP contribution is -2.30. The highest BCUT2D eigenvalue weighted by Gasteiger charge is 2.30. The van der Waals surface area contributed by atoms with Crippen molar-refractivity contribution in [2.24, 2.45) is 0 Å². The van der Waals surface area contributed by atoms with E-state index in [0.29, 0.717) is 25.7 Å². The van der Waals surface area contributed by atoms with Gasteiger partial charge in [0, 0.05) is 25.7 Å². The van der Waals surface area contributed by atoms with E-state index in [1.807, 2.05) is 0 Å². The molecule has 0 amide bonds. The number of hydrogen-bond donors (Lipinski definition) is 3. The van der Waals surface area contributed by atoms with Gasteiger partial charge in [0.2, 0.25) is 0 Å². The van der Waals surface area contributed by atoms with E-state index in [1.54, 1.807) is 0 Å². The molecular formula is C75H130O17P2. The van der Waals surface area contributed by atoms with Crippen LogP contribution in [0.4, 0.5) is 0 Å². The summed E-state index contributed by atoms with van der Waals surface area (Å²) in [5.41, 5.74) is 0. The number of ether oxygens (including phenoxy) is 4. The molecule has 542 valence electrons. The molecule has 0 bridgehead atoms. The first-order chi connectivity index (χ1) is 45.7. The van der Waals surface area contributed by atoms with Gasteiger partial charge in [0.25, 0.3) is 0 Å². The zero-order valence-corrected chi connectivity index (χ0v) is 60.7. The first-order valence-electron chi connectivity index (χ1n) is 36.5. The Kier molecular flexibility index (Phi) is 64.7. The summed E-state index contributed by atoms with van der Waals surface area (Å²) >= 11 is 0. The fourth-order valence-corrected chi connectivity index (χ4v) is 11.0. The predicted octanol–water partition coefficient (Wildman–Crippen LogP) is 20.4. The van der Waals surface area contributed by atoms with Crippen LogP contribution in [0, 0.1) is 0 Å². The average molecular weight is 1370 g/mol. The fraction of sp³-hybridized carbons (Fsp3) is 0.733. The summed E-state index contributed by atoms with van der Waals surface area (Å²) in [6, 6.07) is 0. The van der Waals surface area contributed by atoms with Crippen molar-refractivity contribution >= 4 is 39.5 Å². The third-order valence-electron chi connectivity index (χ3n) is 15.0. The summed E-state index contributed by atoms with van der Waals surface area (Å²) in [6.45, 7) is 4.57. The van der Waals surface area contributed by atoms with Gasteiger partial charge in [-0.3, -0.25) is 37.3 Å². The number of unbranched alkanes of at least 4 members (excludes halogenated alkanes) is 26. The van der Waals surface area contributed by atoms with Crippen LogP contribution in [0.25, 0.3) is 0 Å². The molecule has 0 saturated heterocycles. The number of rotatable bonds is 68. The Morgan fingerprint density at radius 1 is 0.309 bits per heavy atom. The molecule has 0 aromatic carbocycles. The Bertz CT molecular complexity index is 2170. The quantitative estimate of drug-likeness (QED) is 0.0169. The lowest BCUT2D eigenvalue weighted by molar-refractivity contribution is -0.161. The highest BCUT2D eigenvalue weighted by molar-refractivity contribution is 7.47. The second kappa shape index (κ2) is 67.5. The largest absolute Gasteiger partial charge is 0.472 e. The van der Waals surface area contributed by atoms with Crippen LogP contribution in [0.3, 0.4) is 0 Å². The van der Waals surface area contributed by atoms with Gasteiger partial charge in [0.15, 0.2) is 12.2 Å². The Hall–Kier alpha value is -4.02. The molecule has 0 aliphatic rings. The van der Waals surface area contributed by atoms with Crippen molar-refractivity contribution in [3.05, 3.63) is 97.2 Å². The zero-order valence-electron chi connectivity index (χ0n) is 58.9. The fourth-order valence-electron chi connectivity index (χ4n) is 9.40. The number of hydrogen-bond acceptors (Lipinski definition) is 15. The number of carbonyl (C=O) groups excluding carboxylic acids is 4. The van der Waals surface area contributed by atoms with E-state index in [-0.39, 0.29) is 25.7 Å². The van der Waals surface area contributed by atoms with Crippen LogP contribution >= 0.6 is 15.6 Å². The molecule has 19 heteroatoms. The van der Waals surface area contributed by atoms with Gasteiger partial charge < -0.3 is 33.8 Å². The van der Waals surface area contributed by atoms with E-state index >= 15 is 0 Å². The van der Waals surface area contributed by atoms with Crippen LogP contribution in [-0.2, 0) is 65.4 Å². The molecule has 0 radical (unpaired) electrons. The maximum absolute atomic E-state index is 13.0. The molecule has 0 aliphatic heterocycles. The van der Waals surface area contributed by atoms with Gasteiger partial charge in [-0.2, -0.15) is 0 Å². The second-order valence-corrected chi connectivity index (χ2v) is 27.0. The Balaban J connectivity index is 5.35. The molecule has 0 aromatic heterocycles. The van der Waals surface area contributed by atoms with Crippen LogP contribution in [0.5, 0.6) is 0 Å². The second-order valence-electron chi connectivity index (χ2n) is 24.1. The van der Waals surface area contributed by atoms with Gasteiger partial charge in [-0.05, 0) is 135 Å². The number of allylic oxidation sites excluding steroid dienone is 16. The monoisotopic (exact) mass is 1360 g/mol. The molecule has 94 heavy (non-hydrogen) atoms. The third-order valence-corrected chi connectivity index (χ3v) is 16.9. The summed E-state index contributed by atoms with van der Waals surface area (Å²) in [5, 5.41) is 10.6. The summed E-state index contributed by atoms with van der Waals surface area (Å²) in [5.74, 6) is -2.23. The van der Waals surface area contributed by atoms with E-state index < -0.39 is 97.5 Å². The summed E-state index contributed by atoms with van der Waals surface area (Å²) in [4.78, 5) is 72.6. The molecule has 0 fully saturated rings. The van der Waals surface area contributed by atoms with Crippen LogP contribution < -0.4 is 0 Å². The molecule has 17 nitrogen and oxygen atoms in total. The Morgan fingerprint density at radius 3 is 0.936 bits per heavy atom.